The number of hydrogen-bond acceptors (Lipinski definition) is 14. The van der Waals surface area contributed by atoms with Crippen LogP contribution in [0.2, 0.25) is 0 Å². The zero-order valence-electron chi connectivity index (χ0n) is 55.3. The molecular weight excluding hydrogens is 1170 g/mol. The maximum atomic E-state index is 12.9. The summed E-state index contributed by atoms with van der Waals surface area (Å²) in [6, 6.07) is 0. The van der Waals surface area contributed by atoms with Gasteiger partial charge in [0.05, 0.1) is 26.4 Å². The number of phosphoric ester groups is 2. The summed E-state index contributed by atoms with van der Waals surface area (Å²) in [5, 5.41) is 20.5. The van der Waals surface area contributed by atoms with Gasteiger partial charge in [0.2, 0.25) is 0 Å². The molecule has 0 spiro atoms. The lowest BCUT2D eigenvalue weighted by Gasteiger charge is -2.21. The number of aliphatic hydroxyl groups is 2. The molecule has 0 saturated heterocycles. The van der Waals surface area contributed by atoms with Gasteiger partial charge in [-0.25, -0.2) is 9.13 Å². The summed E-state index contributed by atoms with van der Waals surface area (Å²) in [5.41, 5.74) is 0. The summed E-state index contributed by atoms with van der Waals surface area (Å²) < 4.78 is 60.8. The molecule has 5 atom stereocenters. The van der Waals surface area contributed by atoms with Gasteiger partial charge in [0.15, 0.2) is 6.10 Å². The Morgan fingerprint density at radius 2 is 0.596 bits per heavy atom. The van der Waals surface area contributed by atoms with Crippen molar-refractivity contribution in [3.05, 3.63) is 109 Å². The molecule has 0 rings (SSSR count). The number of esters is 3. The fourth-order valence-corrected chi connectivity index (χ4v) is 10.3. The van der Waals surface area contributed by atoms with Crippen molar-refractivity contribution in [2.24, 2.45) is 0 Å². The molecule has 0 aromatic rings. The van der Waals surface area contributed by atoms with Crippen LogP contribution in [0, 0.1) is 0 Å². The normalized spacial score (nSPS) is 14.9. The summed E-state index contributed by atoms with van der Waals surface area (Å²) >= 11 is 0. The number of allylic oxidation sites excluding steroid dienone is 18. The number of hydrogen-bond donors (Lipinski definition) is 4. The van der Waals surface area contributed by atoms with Crippen LogP contribution in [0.1, 0.15) is 265 Å². The van der Waals surface area contributed by atoms with E-state index in [1.807, 2.05) is 0 Å². The molecule has 0 bridgehead atoms. The summed E-state index contributed by atoms with van der Waals surface area (Å²) in [7, 11) is -9.79. The van der Waals surface area contributed by atoms with Crippen molar-refractivity contribution in [3.8, 4) is 0 Å². The average Bonchev–Trinajstić information content (AvgIpc) is 3.54. The van der Waals surface area contributed by atoms with Crippen LogP contribution in [0.3, 0.4) is 0 Å². The van der Waals surface area contributed by atoms with Gasteiger partial charge in [-0.1, -0.05) is 226 Å². The highest BCUT2D eigenvalue weighted by Crippen LogP contribution is 2.45. The molecular formula is C71H122O16P2. The third-order valence-electron chi connectivity index (χ3n) is 14.0. The van der Waals surface area contributed by atoms with Crippen molar-refractivity contribution in [1.29, 1.82) is 0 Å². The molecule has 0 aliphatic heterocycles. The van der Waals surface area contributed by atoms with E-state index in [1.165, 1.54) is 57.8 Å². The average molecular weight is 1290 g/mol. The molecule has 16 nitrogen and oxygen atoms in total. The number of carbonyl (C=O) groups is 3. The zero-order chi connectivity index (χ0) is 65.3. The lowest BCUT2D eigenvalue weighted by Crippen LogP contribution is -2.30. The fraction of sp³-hybridized carbons (Fsp3) is 0.704. The van der Waals surface area contributed by atoms with Gasteiger partial charge in [0.1, 0.15) is 25.4 Å². The van der Waals surface area contributed by atoms with Gasteiger partial charge in [-0.2, -0.15) is 0 Å². The van der Waals surface area contributed by atoms with E-state index >= 15 is 0 Å². The third kappa shape index (κ3) is 65.5. The minimum absolute atomic E-state index is 0.0895. The van der Waals surface area contributed by atoms with Crippen LogP contribution in [0.15, 0.2) is 109 Å². The Bertz CT molecular complexity index is 2060. The van der Waals surface area contributed by atoms with Crippen LogP contribution in [-0.2, 0) is 55.8 Å². The van der Waals surface area contributed by atoms with Crippen LogP contribution in [0.4, 0.5) is 0 Å². The second-order valence-corrected chi connectivity index (χ2v) is 25.5. The molecule has 0 fully saturated rings. The largest absolute Gasteiger partial charge is 0.472 e. The third-order valence-corrected chi connectivity index (χ3v) is 15.9. The topological polar surface area (TPSA) is 231 Å². The molecule has 5 unspecified atom stereocenters. The van der Waals surface area contributed by atoms with E-state index in [0.29, 0.717) is 19.3 Å². The molecule has 18 heteroatoms. The van der Waals surface area contributed by atoms with Crippen molar-refractivity contribution in [2.75, 3.05) is 39.6 Å². The van der Waals surface area contributed by atoms with E-state index in [0.717, 1.165) is 148 Å². The standard InChI is InChI=1S/C71H122O16P2/c1-4-7-10-13-16-19-22-25-28-30-32-34-37-39-42-45-48-51-54-57-69(74)81-60-66(72)61-83-88(77,78)84-62-67(73)63-85-89(79,80)86-65-68(87-71(76)59-56-53-50-47-44-41-36-27-24-21-18-15-12-9-6-3)64-82-70(75)58-55-52-49-46-43-40-38-35-33-31-29-26-23-20-17-14-11-8-5-2/h7,10,16-17,19-20,25-29,32-36,39,42,66-68,72-73H,4-6,8-9,11-15,18,21-24,30-31,37-38,40-41,43-65H2,1-3H3,(H,77,78)(H,79,80)/b10-7-,19-16-,20-17-,28-25-,29-26-,34-32-,35-33-,36-27-,42-39-. The summed E-state index contributed by atoms with van der Waals surface area (Å²) in [5.74, 6) is -1.63. The first-order chi connectivity index (χ1) is 43.2. The Morgan fingerprint density at radius 3 is 0.989 bits per heavy atom. The predicted molar refractivity (Wildman–Crippen MR) is 362 cm³/mol. The molecule has 0 heterocycles. The molecule has 0 aromatic carbocycles. The van der Waals surface area contributed by atoms with Crippen molar-refractivity contribution < 1.29 is 75.8 Å². The number of aliphatic hydroxyl groups excluding tert-OH is 2. The molecule has 0 radical (unpaired) electrons. The summed E-state index contributed by atoms with van der Waals surface area (Å²) in [6.45, 7) is 2.45. The minimum atomic E-state index is -4.93. The second-order valence-electron chi connectivity index (χ2n) is 22.6. The van der Waals surface area contributed by atoms with Crippen LogP contribution >= 0.6 is 15.6 Å². The Hall–Kier alpha value is -3.79. The predicted octanol–water partition coefficient (Wildman–Crippen LogP) is 18.9. The zero-order valence-corrected chi connectivity index (χ0v) is 57.1. The Kier molecular flexibility index (Phi) is 61.6. The van der Waals surface area contributed by atoms with E-state index in [1.54, 1.807) is 0 Å². The number of phosphoric acid groups is 2. The first-order valence-electron chi connectivity index (χ1n) is 34.2. The van der Waals surface area contributed by atoms with Gasteiger partial charge >= 0.3 is 33.6 Å². The van der Waals surface area contributed by atoms with Gasteiger partial charge in [-0.3, -0.25) is 32.5 Å². The first kappa shape index (κ1) is 85.2. The van der Waals surface area contributed by atoms with Crippen LogP contribution < -0.4 is 0 Å². The lowest BCUT2D eigenvalue weighted by molar-refractivity contribution is -0.161. The Morgan fingerprint density at radius 1 is 0.326 bits per heavy atom. The van der Waals surface area contributed by atoms with Crippen LogP contribution in [-0.4, -0.2) is 95.9 Å². The quantitative estimate of drug-likeness (QED) is 0.0146. The molecule has 0 aliphatic carbocycles. The van der Waals surface area contributed by atoms with E-state index in [-0.39, 0.29) is 19.3 Å². The van der Waals surface area contributed by atoms with Gasteiger partial charge in [-0.05, 0) is 128 Å². The lowest BCUT2D eigenvalue weighted by atomic mass is 10.1. The minimum Gasteiger partial charge on any atom is -0.463 e. The Labute approximate surface area is 539 Å². The van der Waals surface area contributed by atoms with Crippen LogP contribution in [0.5, 0.6) is 0 Å². The maximum Gasteiger partial charge on any atom is 0.472 e. The number of ether oxygens (including phenoxy) is 3. The van der Waals surface area contributed by atoms with Crippen LogP contribution in [0.25, 0.3) is 0 Å². The SMILES string of the molecule is CC/C=C\C/C=C\C/C=C\C/C=C\C/C=C\CCCCCC(=O)OCC(O)COP(=O)(O)OCC(O)COP(=O)(O)OCC(COC(=O)CCCCCCCC/C=C\C/C=C\C/C=C\CCCCC)OC(=O)CCCCCCC/C=C\CCCCCCCC. The second kappa shape index (κ2) is 64.3. The van der Waals surface area contributed by atoms with E-state index in [2.05, 4.69) is 130 Å². The molecule has 0 amide bonds. The number of rotatable bonds is 64. The van der Waals surface area contributed by atoms with Crippen molar-refractivity contribution >= 4 is 33.6 Å². The van der Waals surface area contributed by atoms with Crippen molar-refractivity contribution in [3.63, 3.8) is 0 Å². The monoisotopic (exact) mass is 1290 g/mol. The van der Waals surface area contributed by atoms with E-state index in [4.69, 9.17) is 32.3 Å². The van der Waals surface area contributed by atoms with E-state index < -0.39 is 91.5 Å². The molecule has 512 valence electrons. The highest BCUT2D eigenvalue weighted by molar-refractivity contribution is 7.47. The summed E-state index contributed by atoms with van der Waals surface area (Å²) in [6.07, 6.45) is 71.3. The van der Waals surface area contributed by atoms with Gasteiger partial charge in [-0.15, -0.1) is 0 Å². The maximum absolute atomic E-state index is 12.9. The Balaban J connectivity index is 4.73. The smallest absolute Gasteiger partial charge is 0.463 e. The molecule has 89 heavy (non-hydrogen) atoms. The van der Waals surface area contributed by atoms with Crippen molar-refractivity contribution in [2.45, 2.75) is 283 Å². The molecule has 4 N–H and O–H groups in total. The molecule has 0 aromatic heterocycles. The fourth-order valence-electron chi connectivity index (χ4n) is 8.71. The highest BCUT2D eigenvalue weighted by atomic mass is 31.2. The number of unbranched alkanes of at least 4 members (excludes halogenated alkanes) is 23. The van der Waals surface area contributed by atoms with Crippen molar-refractivity contribution in [1.82, 2.24) is 0 Å². The highest BCUT2D eigenvalue weighted by Gasteiger charge is 2.29. The number of carbonyl (C=O) groups excluding carboxylic acids is 3. The van der Waals surface area contributed by atoms with Gasteiger partial charge in [0.25, 0.3) is 0 Å². The van der Waals surface area contributed by atoms with Gasteiger partial charge in [0, 0.05) is 19.3 Å². The molecule has 0 saturated carbocycles. The van der Waals surface area contributed by atoms with Gasteiger partial charge < -0.3 is 34.2 Å². The van der Waals surface area contributed by atoms with E-state index in [9.17, 15) is 43.5 Å². The first-order valence-corrected chi connectivity index (χ1v) is 37.2. The molecule has 0 aliphatic rings. The summed E-state index contributed by atoms with van der Waals surface area (Å²) in [4.78, 5) is 58.4.